The Morgan fingerprint density at radius 2 is 1.79 bits per heavy atom. The fourth-order valence-electron chi connectivity index (χ4n) is 1.71. The standard InChI is InChI=1S/C10H7F3O/c11-6-4-5-2-1-3-7(14)8(5)10(13)9(6)12/h4H,1-3H2. The molecule has 0 saturated heterocycles. The molecule has 0 radical (unpaired) electrons. The van der Waals surface area contributed by atoms with E-state index in [0.717, 1.165) is 6.07 Å². The van der Waals surface area contributed by atoms with Crippen LogP contribution >= 0.6 is 0 Å². The van der Waals surface area contributed by atoms with Crippen LogP contribution in [0, 0.1) is 17.5 Å². The van der Waals surface area contributed by atoms with Crippen LogP contribution in [0.5, 0.6) is 0 Å². The summed E-state index contributed by atoms with van der Waals surface area (Å²) in [4.78, 5) is 11.2. The fourth-order valence-corrected chi connectivity index (χ4v) is 1.71. The number of benzene rings is 1. The van der Waals surface area contributed by atoms with Gasteiger partial charge in [0.15, 0.2) is 23.2 Å². The molecule has 0 atom stereocenters. The first-order valence-corrected chi connectivity index (χ1v) is 4.31. The van der Waals surface area contributed by atoms with Crippen molar-refractivity contribution < 1.29 is 18.0 Å². The summed E-state index contributed by atoms with van der Waals surface area (Å²) in [6.45, 7) is 0. The van der Waals surface area contributed by atoms with Crippen molar-refractivity contribution in [2.24, 2.45) is 0 Å². The molecule has 1 aliphatic rings. The molecule has 1 nitrogen and oxygen atoms in total. The van der Waals surface area contributed by atoms with Gasteiger partial charge in [-0.2, -0.15) is 0 Å². The third-order valence-electron chi connectivity index (χ3n) is 2.37. The lowest BCUT2D eigenvalue weighted by Gasteiger charge is -2.15. The van der Waals surface area contributed by atoms with Gasteiger partial charge in [-0.15, -0.1) is 0 Å². The van der Waals surface area contributed by atoms with Crippen LogP contribution in [0.15, 0.2) is 6.07 Å². The molecule has 1 aromatic carbocycles. The lowest BCUT2D eigenvalue weighted by molar-refractivity contribution is 0.0966. The van der Waals surface area contributed by atoms with E-state index in [4.69, 9.17) is 0 Å². The van der Waals surface area contributed by atoms with E-state index in [0.29, 0.717) is 12.8 Å². The molecule has 1 aliphatic carbocycles. The predicted octanol–water partition coefficient (Wildman–Crippen LogP) is 2.62. The molecule has 1 aromatic rings. The number of fused-ring (bicyclic) bond motifs is 1. The molecule has 0 aliphatic heterocycles. The van der Waals surface area contributed by atoms with Crippen molar-refractivity contribution in [2.75, 3.05) is 0 Å². The van der Waals surface area contributed by atoms with E-state index in [1.807, 2.05) is 0 Å². The van der Waals surface area contributed by atoms with Gasteiger partial charge in [0.25, 0.3) is 0 Å². The van der Waals surface area contributed by atoms with Crippen molar-refractivity contribution in [3.05, 3.63) is 34.6 Å². The number of rotatable bonds is 0. The maximum atomic E-state index is 13.2. The van der Waals surface area contributed by atoms with Crippen LogP contribution in [-0.2, 0) is 6.42 Å². The summed E-state index contributed by atoms with van der Waals surface area (Å²) in [6.07, 6.45) is 1.19. The van der Waals surface area contributed by atoms with Gasteiger partial charge in [0.05, 0.1) is 5.56 Å². The van der Waals surface area contributed by atoms with Gasteiger partial charge in [0.2, 0.25) is 0 Å². The van der Waals surface area contributed by atoms with Gasteiger partial charge in [-0.05, 0) is 24.5 Å². The van der Waals surface area contributed by atoms with Crippen molar-refractivity contribution in [3.63, 3.8) is 0 Å². The molecule has 0 aromatic heterocycles. The first-order chi connectivity index (χ1) is 6.61. The maximum Gasteiger partial charge on any atom is 0.195 e. The number of halogens is 3. The van der Waals surface area contributed by atoms with Crippen LogP contribution in [0.25, 0.3) is 0 Å². The molecule has 0 heterocycles. The maximum absolute atomic E-state index is 13.2. The normalized spacial score (nSPS) is 15.5. The molecule has 74 valence electrons. The summed E-state index contributed by atoms with van der Waals surface area (Å²) in [7, 11) is 0. The highest BCUT2D eigenvalue weighted by Crippen LogP contribution is 2.26. The van der Waals surface area contributed by atoms with Crippen molar-refractivity contribution in [2.45, 2.75) is 19.3 Å². The van der Waals surface area contributed by atoms with E-state index in [1.54, 1.807) is 0 Å². The minimum absolute atomic E-state index is 0.203. The van der Waals surface area contributed by atoms with Crippen LogP contribution in [0.1, 0.15) is 28.8 Å². The van der Waals surface area contributed by atoms with Gasteiger partial charge in [-0.3, -0.25) is 4.79 Å². The van der Waals surface area contributed by atoms with E-state index in [1.165, 1.54) is 0 Å². The molecular formula is C10H7F3O. The fraction of sp³-hybridized carbons (Fsp3) is 0.300. The van der Waals surface area contributed by atoms with E-state index in [-0.39, 0.29) is 17.5 Å². The molecule has 0 N–H and O–H groups in total. The minimum atomic E-state index is -1.56. The van der Waals surface area contributed by atoms with Crippen molar-refractivity contribution in [3.8, 4) is 0 Å². The smallest absolute Gasteiger partial charge is 0.195 e. The van der Waals surface area contributed by atoms with E-state index in [9.17, 15) is 18.0 Å². The lowest BCUT2D eigenvalue weighted by atomic mass is 9.90. The lowest BCUT2D eigenvalue weighted by Crippen LogP contribution is -2.15. The van der Waals surface area contributed by atoms with Gasteiger partial charge in [-0.1, -0.05) is 0 Å². The zero-order valence-corrected chi connectivity index (χ0v) is 7.24. The van der Waals surface area contributed by atoms with Crippen LogP contribution < -0.4 is 0 Å². The first-order valence-electron chi connectivity index (χ1n) is 4.31. The van der Waals surface area contributed by atoms with Crippen LogP contribution in [0.3, 0.4) is 0 Å². The molecule has 0 spiro atoms. The predicted molar refractivity (Wildman–Crippen MR) is 43.6 cm³/mol. The molecule has 0 amide bonds. The summed E-state index contributed by atoms with van der Waals surface area (Å²) in [5.74, 6) is -4.57. The highest BCUT2D eigenvalue weighted by molar-refractivity contribution is 5.98. The molecule has 0 saturated carbocycles. The highest BCUT2D eigenvalue weighted by Gasteiger charge is 2.26. The second kappa shape index (κ2) is 3.12. The van der Waals surface area contributed by atoms with Crippen molar-refractivity contribution >= 4 is 5.78 Å². The summed E-state index contributed by atoms with van der Waals surface area (Å²) < 4.78 is 38.7. The minimum Gasteiger partial charge on any atom is -0.294 e. The Morgan fingerprint density at radius 1 is 1.07 bits per heavy atom. The number of aryl methyl sites for hydroxylation is 1. The molecule has 2 rings (SSSR count). The molecule has 14 heavy (non-hydrogen) atoms. The number of hydrogen-bond donors (Lipinski definition) is 0. The first kappa shape index (κ1) is 9.24. The largest absolute Gasteiger partial charge is 0.294 e. The Bertz CT molecular complexity index is 412. The summed E-state index contributed by atoms with van der Waals surface area (Å²) >= 11 is 0. The average Bonchev–Trinajstić information content (AvgIpc) is 2.14. The zero-order valence-electron chi connectivity index (χ0n) is 7.24. The highest BCUT2D eigenvalue weighted by atomic mass is 19.2. The number of carbonyl (C=O) groups is 1. The van der Waals surface area contributed by atoms with Crippen LogP contribution in [0.4, 0.5) is 13.2 Å². The Hall–Kier alpha value is -1.32. The van der Waals surface area contributed by atoms with Gasteiger partial charge < -0.3 is 0 Å². The van der Waals surface area contributed by atoms with Gasteiger partial charge in [0.1, 0.15) is 0 Å². The average molecular weight is 200 g/mol. The summed E-state index contributed by atoms with van der Waals surface area (Å²) in [6, 6.07) is 0.908. The number of Topliss-reactive ketones (excluding diaryl/α,β-unsaturated/α-hetero) is 1. The van der Waals surface area contributed by atoms with E-state index < -0.39 is 23.2 Å². The molecule has 0 fully saturated rings. The zero-order chi connectivity index (χ0) is 10.3. The van der Waals surface area contributed by atoms with Crippen molar-refractivity contribution in [1.82, 2.24) is 0 Å². The summed E-state index contributed by atoms with van der Waals surface area (Å²) in [5, 5.41) is 0. The van der Waals surface area contributed by atoms with Crippen molar-refractivity contribution in [1.29, 1.82) is 0 Å². The van der Waals surface area contributed by atoms with Gasteiger partial charge in [0, 0.05) is 6.42 Å². The Balaban J connectivity index is 2.70. The molecule has 0 unspecified atom stereocenters. The van der Waals surface area contributed by atoms with Crippen LogP contribution in [-0.4, -0.2) is 5.78 Å². The summed E-state index contributed by atoms with van der Waals surface area (Å²) in [5.41, 5.74) is 0.00722. The van der Waals surface area contributed by atoms with Gasteiger partial charge >= 0.3 is 0 Å². The SMILES string of the molecule is O=C1CCCc2cc(F)c(F)c(F)c21. The Morgan fingerprint density at radius 3 is 2.50 bits per heavy atom. The molecular weight excluding hydrogens is 193 g/mol. The second-order valence-corrected chi connectivity index (χ2v) is 3.30. The Labute approximate surface area is 78.5 Å². The number of carbonyl (C=O) groups excluding carboxylic acids is 1. The molecule has 4 heteroatoms. The monoisotopic (exact) mass is 200 g/mol. The van der Waals surface area contributed by atoms with E-state index >= 15 is 0 Å². The van der Waals surface area contributed by atoms with Crippen LogP contribution in [0.2, 0.25) is 0 Å². The second-order valence-electron chi connectivity index (χ2n) is 3.30. The topological polar surface area (TPSA) is 17.1 Å². The van der Waals surface area contributed by atoms with Gasteiger partial charge in [-0.25, -0.2) is 13.2 Å². The molecule has 0 bridgehead atoms. The third kappa shape index (κ3) is 1.22. The number of hydrogen-bond acceptors (Lipinski definition) is 1. The Kier molecular flexibility index (Phi) is 2.06. The third-order valence-corrected chi connectivity index (χ3v) is 2.37. The quantitative estimate of drug-likeness (QED) is 0.588. The van der Waals surface area contributed by atoms with E-state index in [2.05, 4.69) is 0 Å². The number of ketones is 1.